The summed E-state index contributed by atoms with van der Waals surface area (Å²) >= 11 is 4.39. The summed E-state index contributed by atoms with van der Waals surface area (Å²) in [6.07, 6.45) is -4.73. The van der Waals surface area contributed by atoms with Gasteiger partial charge in [-0.2, -0.15) is 13.2 Å². The molecule has 1 aliphatic rings. The third kappa shape index (κ3) is 4.67. The number of piperazine rings is 1. The van der Waals surface area contributed by atoms with Crippen LogP contribution in [0.25, 0.3) is 22.4 Å². The highest BCUT2D eigenvalue weighted by atomic mass is 32.1. The van der Waals surface area contributed by atoms with Gasteiger partial charge in [0.1, 0.15) is 11.6 Å². The Labute approximate surface area is 182 Å². The van der Waals surface area contributed by atoms with E-state index < -0.39 is 17.8 Å². The Hall–Kier alpha value is -2.65. The van der Waals surface area contributed by atoms with Gasteiger partial charge in [0.2, 0.25) is 5.82 Å². The Balaban J connectivity index is 2.03. The summed E-state index contributed by atoms with van der Waals surface area (Å²) in [5, 5.41) is 3.29. The van der Waals surface area contributed by atoms with Crippen LogP contribution in [-0.2, 0) is 6.18 Å². The quantitative estimate of drug-likeness (QED) is 0.434. The van der Waals surface area contributed by atoms with Gasteiger partial charge in [-0.05, 0) is 48.9 Å². The van der Waals surface area contributed by atoms with E-state index in [1.807, 2.05) is 11.8 Å². The van der Waals surface area contributed by atoms with E-state index in [1.165, 1.54) is 24.3 Å². The van der Waals surface area contributed by atoms with E-state index >= 15 is 0 Å². The normalized spacial score (nSPS) is 17.1. The first-order valence-electron chi connectivity index (χ1n) is 9.75. The number of halogens is 4. The highest BCUT2D eigenvalue weighted by Gasteiger charge is 2.38. The molecule has 3 aromatic rings. The Kier molecular flexibility index (Phi) is 5.90. The van der Waals surface area contributed by atoms with Crippen molar-refractivity contribution in [2.45, 2.75) is 24.0 Å². The molecule has 2 heterocycles. The summed E-state index contributed by atoms with van der Waals surface area (Å²) in [4.78, 5) is 10.4. The predicted molar refractivity (Wildman–Crippen MR) is 115 cm³/mol. The maximum Gasteiger partial charge on any atom is 0.451 e. The summed E-state index contributed by atoms with van der Waals surface area (Å²) in [5.41, 5.74) is 1.58. The van der Waals surface area contributed by atoms with Crippen molar-refractivity contribution in [2.24, 2.45) is 0 Å². The predicted octanol–water partition coefficient (Wildman–Crippen LogP) is 5.06. The van der Waals surface area contributed by atoms with Crippen LogP contribution >= 0.6 is 12.6 Å². The average Bonchev–Trinajstić information content (AvgIpc) is 2.73. The fourth-order valence-electron chi connectivity index (χ4n) is 3.67. The number of alkyl halides is 3. The molecule has 0 spiro atoms. The van der Waals surface area contributed by atoms with Crippen LogP contribution in [0.4, 0.5) is 23.4 Å². The molecule has 4 rings (SSSR count). The molecule has 0 bridgehead atoms. The van der Waals surface area contributed by atoms with Crippen LogP contribution in [0.5, 0.6) is 0 Å². The molecular weight excluding hydrogens is 428 g/mol. The molecule has 1 unspecified atom stereocenters. The monoisotopic (exact) mass is 448 g/mol. The van der Waals surface area contributed by atoms with Gasteiger partial charge in [-0.25, -0.2) is 14.4 Å². The van der Waals surface area contributed by atoms with Gasteiger partial charge in [0.15, 0.2) is 0 Å². The fourth-order valence-corrected chi connectivity index (χ4v) is 3.90. The third-order valence-corrected chi connectivity index (χ3v) is 5.34. The zero-order valence-electron chi connectivity index (χ0n) is 16.6. The van der Waals surface area contributed by atoms with Crippen molar-refractivity contribution in [2.75, 3.05) is 24.5 Å². The van der Waals surface area contributed by atoms with Gasteiger partial charge in [-0.15, -0.1) is 12.6 Å². The van der Waals surface area contributed by atoms with Gasteiger partial charge in [0, 0.05) is 36.1 Å². The van der Waals surface area contributed by atoms with E-state index in [0.29, 0.717) is 41.2 Å². The van der Waals surface area contributed by atoms with E-state index in [0.717, 1.165) is 0 Å². The lowest BCUT2D eigenvalue weighted by Crippen LogP contribution is -2.49. The minimum absolute atomic E-state index is 0.0800. The van der Waals surface area contributed by atoms with Crippen molar-refractivity contribution in [3.05, 3.63) is 60.2 Å². The molecule has 0 amide bonds. The minimum atomic E-state index is -4.73. The zero-order valence-corrected chi connectivity index (χ0v) is 17.5. The Morgan fingerprint density at radius 3 is 2.45 bits per heavy atom. The van der Waals surface area contributed by atoms with Gasteiger partial charge >= 0.3 is 6.18 Å². The Morgan fingerprint density at radius 2 is 1.81 bits per heavy atom. The molecular formula is C22H20F4N4S. The maximum absolute atomic E-state index is 13.7. The number of nitrogens with zero attached hydrogens (tertiary/aromatic N) is 3. The summed E-state index contributed by atoms with van der Waals surface area (Å²) in [7, 11) is 0. The number of nitrogens with one attached hydrogen (secondary N) is 1. The van der Waals surface area contributed by atoms with Crippen LogP contribution in [0.15, 0.2) is 53.4 Å². The van der Waals surface area contributed by atoms with Gasteiger partial charge < -0.3 is 10.2 Å². The molecule has 162 valence electrons. The average molecular weight is 448 g/mol. The molecule has 1 fully saturated rings. The molecule has 1 saturated heterocycles. The highest BCUT2D eigenvalue weighted by molar-refractivity contribution is 7.80. The molecule has 1 atom stereocenters. The van der Waals surface area contributed by atoms with Crippen molar-refractivity contribution in [3.8, 4) is 22.4 Å². The van der Waals surface area contributed by atoms with E-state index in [2.05, 4.69) is 27.9 Å². The van der Waals surface area contributed by atoms with Crippen LogP contribution in [0, 0.1) is 5.82 Å². The lowest BCUT2D eigenvalue weighted by Gasteiger charge is -2.34. The zero-order chi connectivity index (χ0) is 22.2. The fraction of sp³-hybridized carbons (Fsp3) is 0.273. The second-order valence-corrected chi connectivity index (χ2v) is 7.97. The number of rotatable bonds is 3. The number of hydrogen-bond donors (Lipinski definition) is 2. The molecule has 9 heteroatoms. The molecule has 1 aliphatic heterocycles. The molecule has 2 aromatic carbocycles. The van der Waals surface area contributed by atoms with Crippen molar-refractivity contribution in [3.63, 3.8) is 0 Å². The second-order valence-electron chi connectivity index (χ2n) is 7.45. The first kappa shape index (κ1) is 21.6. The first-order chi connectivity index (χ1) is 14.7. The van der Waals surface area contributed by atoms with Gasteiger partial charge in [-0.1, -0.05) is 12.1 Å². The third-order valence-electron chi connectivity index (χ3n) is 5.06. The molecule has 1 aromatic heterocycles. The van der Waals surface area contributed by atoms with Crippen molar-refractivity contribution < 1.29 is 17.6 Å². The molecule has 0 aliphatic carbocycles. The summed E-state index contributed by atoms with van der Waals surface area (Å²) in [5.74, 6) is -1.50. The standard InChI is InChI=1S/C22H20F4N4S/c1-13-12-30(10-9-27-13)20-18(15-3-2-4-17(31)11-15)19(14-5-7-16(23)8-6-14)28-21(29-20)22(24,25)26/h2-8,11,13,27,31H,9-10,12H2,1H3. The van der Waals surface area contributed by atoms with Gasteiger partial charge in [0.25, 0.3) is 0 Å². The van der Waals surface area contributed by atoms with Crippen LogP contribution in [0.3, 0.4) is 0 Å². The molecule has 31 heavy (non-hydrogen) atoms. The van der Waals surface area contributed by atoms with E-state index in [-0.39, 0.29) is 17.6 Å². The van der Waals surface area contributed by atoms with E-state index in [9.17, 15) is 17.6 Å². The lowest BCUT2D eigenvalue weighted by molar-refractivity contribution is -0.144. The van der Waals surface area contributed by atoms with Gasteiger partial charge in [0.05, 0.1) is 11.3 Å². The number of thiol groups is 1. The molecule has 0 radical (unpaired) electrons. The maximum atomic E-state index is 13.7. The topological polar surface area (TPSA) is 41.1 Å². The Bertz CT molecular complexity index is 1090. The van der Waals surface area contributed by atoms with E-state index in [1.54, 1.807) is 24.3 Å². The number of aromatic nitrogens is 2. The largest absolute Gasteiger partial charge is 0.451 e. The molecule has 0 saturated carbocycles. The summed E-state index contributed by atoms with van der Waals surface area (Å²) < 4.78 is 54.7. The van der Waals surface area contributed by atoms with Crippen molar-refractivity contribution >= 4 is 18.4 Å². The SMILES string of the molecule is CC1CN(c2nc(C(F)(F)F)nc(-c3ccc(F)cc3)c2-c2cccc(S)c2)CCN1. The summed E-state index contributed by atoms with van der Waals surface area (Å²) in [6, 6.07) is 12.4. The minimum Gasteiger partial charge on any atom is -0.353 e. The lowest BCUT2D eigenvalue weighted by atomic mass is 9.98. The smallest absolute Gasteiger partial charge is 0.353 e. The van der Waals surface area contributed by atoms with Crippen molar-refractivity contribution in [1.29, 1.82) is 0 Å². The van der Waals surface area contributed by atoms with Crippen LogP contribution in [0.2, 0.25) is 0 Å². The number of anilines is 1. The van der Waals surface area contributed by atoms with E-state index in [4.69, 9.17) is 0 Å². The number of hydrogen-bond acceptors (Lipinski definition) is 5. The van der Waals surface area contributed by atoms with Crippen molar-refractivity contribution in [1.82, 2.24) is 15.3 Å². The van der Waals surface area contributed by atoms with Gasteiger partial charge in [-0.3, -0.25) is 0 Å². The highest BCUT2D eigenvalue weighted by Crippen LogP contribution is 2.41. The Morgan fingerprint density at radius 1 is 1.06 bits per heavy atom. The van der Waals surface area contributed by atoms with Crippen LogP contribution in [0.1, 0.15) is 12.7 Å². The van der Waals surface area contributed by atoms with Crippen LogP contribution < -0.4 is 10.2 Å². The first-order valence-corrected chi connectivity index (χ1v) is 10.2. The summed E-state index contributed by atoms with van der Waals surface area (Å²) in [6.45, 7) is 3.57. The molecule has 4 nitrogen and oxygen atoms in total. The molecule has 1 N–H and O–H groups in total. The second kappa shape index (κ2) is 8.47. The van der Waals surface area contributed by atoms with Crippen LogP contribution in [-0.4, -0.2) is 35.6 Å². The number of benzene rings is 2.